The maximum atomic E-state index is 8.87. The van der Waals surface area contributed by atoms with Crippen LogP contribution >= 0.6 is 11.6 Å². The maximum absolute atomic E-state index is 8.87. The molecule has 0 spiro atoms. The van der Waals surface area contributed by atoms with E-state index >= 15 is 0 Å². The molecule has 1 rings (SSSR count). The van der Waals surface area contributed by atoms with Crippen molar-refractivity contribution in [2.24, 2.45) is 0 Å². The quantitative estimate of drug-likeness (QED) is 0.828. The minimum Gasteiger partial charge on any atom is -0.395 e. The minimum absolute atomic E-state index is 0.133. The number of benzene rings is 1. The van der Waals surface area contributed by atoms with Crippen LogP contribution in [0, 0.1) is 0 Å². The Morgan fingerprint density at radius 1 is 1.44 bits per heavy atom. The Morgan fingerprint density at radius 3 is 2.62 bits per heavy atom. The van der Waals surface area contributed by atoms with Crippen LogP contribution in [-0.4, -0.2) is 24.3 Å². The lowest BCUT2D eigenvalue weighted by Gasteiger charge is -2.10. The second kappa shape index (κ2) is 6.69. The van der Waals surface area contributed by atoms with Crippen molar-refractivity contribution in [2.75, 3.05) is 13.2 Å². The molecule has 2 N–H and O–H groups in total. The fourth-order valence-corrected chi connectivity index (χ4v) is 1.42. The van der Waals surface area contributed by atoms with E-state index in [0.29, 0.717) is 0 Å². The molecule has 0 aromatic heterocycles. The molecule has 1 aromatic carbocycles. The lowest BCUT2D eigenvalue weighted by Crippen LogP contribution is -2.30. The summed E-state index contributed by atoms with van der Waals surface area (Å²) in [6, 6.07) is 7.87. The van der Waals surface area contributed by atoms with Crippen LogP contribution in [0.2, 0.25) is 5.02 Å². The van der Waals surface area contributed by atoms with E-state index in [1.165, 1.54) is 5.57 Å². The molecule has 0 unspecified atom stereocenters. The molecular formula is C13H18ClNO. The van der Waals surface area contributed by atoms with Gasteiger partial charge in [-0.25, -0.2) is 0 Å². The van der Waals surface area contributed by atoms with Gasteiger partial charge in [-0.1, -0.05) is 35.4 Å². The van der Waals surface area contributed by atoms with Crippen molar-refractivity contribution < 1.29 is 5.11 Å². The summed E-state index contributed by atoms with van der Waals surface area (Å²) in [5.74, 6) is 0. The van der Waals surface area contributed by atoms with Gasteiger partial charge in [0.1, 0.15) is 0 Å². The standard InChI is InChI=1S/C13H18ClNO/c1-10(8-15-11(2)9-16)7-12-3-5-13(14)6-4-12/h3-7,11,15-16H,8-9H2,1-2H3/b10-7+/t11-/m0/s1. The Hall–Kier alpha value is -0.830. The normalized spacial score (nSPS) is 13.9. The second-order valence-electron chi connectivity index (χ2n) is 4.01. The summed E-state index contributed by atoms with van der Waals surface area (Å²) in [6.07, 6.45) is 2.10. The highest BCUT2D eigenvalue weighted by Crippen LogP contribution is 2.12. The molecule has 3 heteroatoms. The molecule has 16 heavy (non-hydrogen) atoms. The number of aliphatic hydroxyl groups is 1. The summed E-state index contributed by atoms with van der Waals surface area (Å²) in [7, 11) is 0. The molecule has 88 valence electrons. The van der Waals surface area contributed by atoms with E-state index in [1.807, 2.05) is 31.2 Å². The van der Waals surface area contributed by atoms with Crippen LogP contribution in [0.1, 0.15) is 19.4 Å². The van der Waals surface area contributed by atoms with Crippen LogP contribution in [0.15, 0.2) is 29.8 Å². The minimum atomic E-state index is 0.133. The first-order valence-electron chi connectivity index (χ1n) is 5.39. The summed E-state index contributed by atoms with van der Waals surface area (Å²) in [6.45, 7) is 4.96. The predicted octanol–water partition coefficient (Wildman–Crippen LogP) is 2.71. The van der Waals surface area contributed by atoms with Gasteiger partial charge in [-0.15, -0.1) is 0 Å². The molecule has 0 heterocycles. The van der Waals surface area contributed by atoms with Gasteiger partial charge in [0.05, 0.1) is 6.61 Å². The largest absolute Gasteiger partial charge is 0.395 e. The highest BCUT2D eigenvalue weighted by molar-refractivity contribution is 6.30. The molecule has 1 atom stereocenters. The number of hydrogen-bond donors (Lipinski definition) is 2. The number of nitrogens with one attached hydrogen (secondary N) is 1. The van der Waals surface area contributed by atoms with E-state index in [0.717, 1.165) is 17.1 Å². The average molecular weight is 240 g/mol. The van der Waals surface area contributed by atoms with Crippen molar-refractivity contribution in [3.05, 3.63) is 40.4 Å². The third kappa shape index (κ3) is 4.79. The lowest BCUT2D eigenvalue weighted by atomic mass is 10.1. The van der Waals surface area contributed by atoms with Crippen LogP contribution in [0.5, 0.6) is 0 Å². The Balaban J connectivity index is 2.52. The van der Waals surface area contributed by atoms with Gasteiger partial charge in [0.25, 0.3) is 0 Å². The summed E-state index contributed by atoms with van der Waals surface area (Å²) in [4.78, 5) is 0. The predicted molar refractivity (Wildman–Crippen MR) is 69.7 cm³/mol. The van der Waals surface area contributed by atoms with Crippen LogP contribution in [0.3, 0.4) is 0 Å². The first-order chi connectivity index (χ1) is 7.61. The SMILES string of the molecule is C/C(=C\c1ccc(Cl)cc1)CN[C@@H](C)CO. The molecule has 0 aliphatic heterocycles. The van der Waals surface area contributed by atoms with Crippen molar-refractivity contribution in [3.63, 3.8) is 0 Å². The molecule has 0 saturated heterocycles. The van der Waals surface area contributed by atoms with Crippen molar-refractivity contribution >= 4 is 17.7 Å². The second-order valence-corrected chi connectivity index (χ2v) is 4.44. The van der Waals surface area contributed by atoms with E-state index in [1.54, 1.807) is 0 Å². The number of rotatable bonds is 5. The summed E-state index contributed by atoms with van der Waals surface area (Å²) in [5.41, 5.74) is 2.36. The number of aliphatic hydroxyl groups excluding tert-OH is 1. The van der Waals surface area contributed by atoms with Crippen LogP contribution in [-0.2, 0) is 0 Å². The molecule has 0 radical (unpaired) electrons. The third-order valence-electron chi connectivity index (χ3n) is 2.29. The molecule has 0 amide bonds. The third-order valence-corrected chi connectivity index (χ3v) is 2.54. The van der Waals surface area contributed by atoms with E-state index < -0.39 is 0 Å². The molecule has 0 bridgehead atoms. The van der Waals surface area contributed by atoms with Crippen molar-refractivity contribution in [1.82, 2.24) is 5.32 Å². The fourth-order valence-electron chi connectivity index (χ4n) is 1.29. The first kappa shape index (κ1) is 13.2. The van der Waals surface area contributed by atoms with Gasteiger partial charge in [0.2, 0.25) is 0 Å². The topological polar surface area (TPSA) is 32.3 Å². The number of halogens is 1. The Bertz CT molecular complexity index is 345. The van der Waals surface area contributed by atoms with Gasteiger partial charge >= 0.3 is 0 Å². The monoisotopic (exact) mass is 239 g/mol. The van der Waals surface area contributed by atoms with Gasteiger partial charge in [-0.3, -0.25) is 0 Å². The highest BCUT2D eigenvalue weighted by Gasteiger charge is 1.98. The van der Waals surface area contributed by atoms with Crippen molar-refractivity contribution in [3.8, 4) is 0 Å². The van der Waals surface area contributed by atoms with E-state index in [4.69, 9.17) is 16.7 Å². The zero-order chi connectivity index (χ0) is 12.0. The van der Waals surface area contributed by atoms with Gasteiger partial charge < -0.3 is 10.4 Å². The smallest absolute Gasteiger partial charge is 0.0582 e. The zero-order valence-electron chi connectivity index (χ0n) is 9.70. The van der Waals surface area contributed by atoms with Crippen molar-refractivity contribution in [2.45, 2.75) is 19.9 Å². The van der Waals surface area contributed by atoms with Gasteiger partial charge in [0.15, 0.2) is 0 Å². The van der Waals surface area contributed by atoms with Crippen molar-refractivity contribution in [1.29, 1.82) is 0 Å². The Labute approximate surface area is 102 Å². The summed E-state index contributed by atoms with van der Waals surface area (Å²) >= 11 is 5.81. The molecular weight excluding hydrogens is 222 g/mol. The summed E-state index contributed by atoms with van der Waals surface area (Å²) < 4.78 is 0. The molecule has 2 nitrogen and oxygen atoms in total. The van der Waals surface area contributed by atoms with Crippen LogP contribution in [0.4, 0.5) is 0 Å². The molecule has 0 saturated carbocycles. The van der Waals surface area contributed by atoms with Gasteiger partial charge in [-0.05, 0) is 31.5 Å². The van der Waals surface area contributed by atoms with E-state index in [-0.39, 0.29) is 12.6 Å². The average Bonchev–Trinajstić information content (AvgIpc) is 2.29. The summed E-state index contributed by atoms with van der Waals surface area (Å²) in [5, 5.41) is 12.8. The van der Waals surface area contributed by atoms with Gasteiger partial charge in [-0.2, -0.15) is 0 Å². The highest BCUT2D eigenvalue weighted by atomic mass is 35.5. The molecule has 1 aromatic rings. The maximum Gasteiger partial charge on any atom is 0.0582 e. The van der Waals surface area contributed by atoms with Crippen LogP contribution < -0.4 is 5.32 Å². The molecule has 0 aliphatic carbocycles. The first-order valence-corrected chi connectivity index (χ1v) is 5.76. The molecule has 0 aliphatic rings. The van der Waals surface area contributed by atoms with Gasteiger partial charge in [0, 0.05) is 17.6 Å². The number of hydrogen-bond acceptors (Lipinski definition) is 2. The zero-order valence-corrected chi connectivity index (χ0v) is 10.5. The van der Waals surface area contributed by atoms with E-state index in [2.05, 4.69) is 18.3 Å². The Morgan fingerprint density at radius 2 is 2.06 bits per heavy atom. The Kier molecular flexibility index (Phi) is 5.53. The lowest BCUT2D eigenvalue weighted by molar-refractivity contribution is 0.254. The van der Waals surface area contributed by atoms with Crippen LogP contribution in [0.25, 0.3) is 6.08 Å². The van der Waals surface area contributed by atoms with E-state index in [9.17, 15) is 0 Å². The fraction of sp³-hybridized carbons (Fsp3) is 0.385. The molecule has 0 fully saturated rings.